The molecule has 0 aliphatic heterocycles. The molecular weight excluding hydrogens is 214 g/mol. The van der Waals surface area contributed by atoms with E-state index >= 15 is 0 Å². The number of aromatic nitrogens is 4. The summed E-state index contributed by atoms with van der Waals surface area (Å²) < 4.78 is 1.68. The van der Waals surface area contributed by atoms with Gasteiger partial charge in [-0.2, -0.15) is 10.1 Å². The van der Waals surface area contributed by atoms with E-state index in [1.807, 2.05) is 19.9 Å². The Bertz CT molecular complexity index is 485. The molecule has 2 aromatic rings. The largest absolute Gasteiger partial charge is 0.383 e. The number of nitrogens with zero attached hydrogens (tertiary/aromatic N) is 4. The number of hydrogen-bond donors (Lipinski definition) is 1. The van der Waals surface area contributed by atoms with E-state index in [2.05, 4.69) is 15.1 Å². The molecule has 2 N–H and O–H groups in total. The van der Waals surface area contributed by atoms with E-state index in [9.17, 15) is 0 Å². The fourth-order valence-electron chi connectivity index (χ4n) is 1.39. The Kier molecular flexibility index (Phi) is 2.32. The first kappa shape index (κ1) is 9.92. The van der Waals surface area contributed by atoms with E-state index in [1.54, 1.807) is 10.7 Å². The number of aryl methyl sites for hydroxylation is 2. The van der Waals surface area contributed by atoms with Gasteiger partial charge in [-0.05, 0) is 31.5 Å². The first-order valence-electron chi connectivity index (χ1n) is 4.40. The van der Waals surface area contributed by atoms with Gasteiger partial charge in [0.25, 0.3) is 0 Å². The van der Waals surface area contributed by atoms with Crippen LogP contribution in [-0.4, -0.2) is 19.7 Å². The smallest absolute Gasteiger partial charge is 0.226 e. The summed E-state index contributed by atoms with van der Waals surface area (Å²) in [7, 11) is 0. The average molecular weight is 224 g/mol. The Morgan fingerprint density at radius 1 is 1.27 bits per heavy atom. The summed E-state index contributed by atoms with van der Waals surface area (Å²) in [4.78, 5) is 7.84. The van der Waals surface area contributed by atoms with Crippen LogP contribution in [0.15, 0.2) is 12.1 Å². The molecule has 2 heterocycles. The molecule has 2 aromatic heterocycles. The summed E-state index contributed by atoms with van der Waals surface area (Å²) in [6, 6.07) is 3.58. The van der Waals surface area contributed by atoms with Crippen LogP contribution in [-0.2, 0) is 0 Å². The van der Waals surface area contributed by atoms with Gasteiger partial charge in [0.15, 0.2) is 5.82 Å². The molecule has 0 atom stereocenters. The molecule has 0 spiro atoms. The summed E-state index contributed by atoms with van der Waals surface area (Å²) in [6.07, 6.45) is 0. The van der Waals surface area contributed by atoms with Crippen molar-refractivity contribution < 1.29 is 0 Å². The predicted octanol–water partition coefficient (Wildman–Crippen LogP) is 1.51. The van der Waals surface area contributed by atoms with Crippen LogP contribution in [0.4, 0.5) is 5.82 Å². The molecule has 2 rings (SSSR count). The molecule has 0 aliphatic carbocycles. The minimum absolute atomic E-state index is 0.123. The molecule has 15 heavy (non-hydrogen) atoms. The second-order valence-corrected chi connectivity index (χ2v) is 3.60. The van der Waals surface area contributed by atoms with Gasteiger partial charge in [-0.25, -0.2) is 9.67 Å². The third-order valence-electron chi connectivity index (χ3n) is 1.93. The van der Waals surface area contributed by atoms with Crippen molar-refractivity contribution in [1.82, 2.24) is 19.7 Å². The standard InChI is InChI=1S/C9H10ClN5/c1-5-3-6(2)15(14-5)8-4-7(11)12-9(10)13-8/h3-4H,1-2H3,(H2,11,12,13). The van der Waals surface area contributed by atoms with Gasteiger partial charge in [-0.1, -0.05) is 0 Å². The fourth-order valence-corrected chi connectivity index (χ4v) is 1.58. The quantitative estimate of drug-likeness (QED) is 0.745. The van der Waals surface area contributed by atoms with Crippen LogP contribution >= 0.6 is 11.6 Å². The molecule has 0 unspecified atom stereocenters. The lowest BCUT2D eigenvalue weighted by atomic mass is 10.4. The van der Waals surface area contributed by atoms with Gasteiger partial charge in [0.2, 0.25) is 5.28 Å². The van der Waals surface area contributed by atoms with Gasteiger partial charge in [0.05, 0.1) is 5.69 Å². The Balaban J connectivity index is 2.58. The van der Waals surface area contributed by atoms with E-state index in [1.165, 1.54) is 0 Å². The Morgan fingerprint density at radius 2 is 2.00 bits per heavy atom. The predicted molar refractivity (Wildman–Crippen MR) is 58.1 cm³/mol. The van der Waals surface area contributed by atoms with Gasteiger partial charge in [-0.15, -0.1) is 0 Å². The maximum Gasteiger partial charge on any atom is 0.226 e. The highest BCUT2D eigenvalue weighted by atomic mass is 35.5. The van der Waals surface area contributed by atoms with Gasteiger partial charge < -0.3 is 5.73 Å². The van der Waals surface area contributed by atoms with Crippen molar-refractivity contribution in [1.29, 1.82) is 0 Å². The van der Waals surface area contributed by atoms with Crippen LogP contribution in [0.5, 0.6) is 0 Å². The van der Waals surface area contributed by atoms with Crippen molar-refractivity contribution >= 4 is 17.4 Å². The van der Waals surface area contributed by atoms with E-state index in [0.29, 0.717) is 11.6 Å². The first-order chi connectivity index (χ1) is 7.06. The van der Waals surface area contributed by atoms with Crippen molar-refractivity contribution in [3.05, 3.63) is 28.8 Å². The molecule has 5 nitrogen and oxygen atoms in total. The molecule has 0 aromatic carbocycles. The van der Waals surface area contributed by atoms with E-state index in [-0.39, 0.29) is 5.28 Å². The number of nitrogens with two attached hydrogens (primary N) is 1. The maximum atomic E-state index is 5.72. The highest BCUT2D eigenvalue weighted by molar-refractivity contribution is 6.28. The zero-order valence-corrected chi connectivity index (χ0v) is 9.15. The Labute approximate surface area is 91.9 Å². The molecule has 0 fully saturated rings. The molecule has 0 amide bonds. The number of nitrogen functional groups attached to an aromatic ring is 1. The second-order valence-electron chi connectivity index (χ2n) is 3.26. The zero-order chi connectivity index (χ0) is 11.0. The normalized spacial score (nSPS) is 10.6. The van der Waals surface area contributed by atoms with Crippen LogP contribution in [0, 0.1) is 13.8 Å². The third-order valence-corrected chi connectivity index (χ3v) is 2.10. The minimum Gasteiger partial charge on any atom is -0.383 e. The van der Waals surface area contributed by atoms with Crippen LogP contribution < -0.4 is 5.73 Å². The third kappa shape index (κ3) is 1.92. The molecule has 0 bridgehead atoms. The fraction of sp³-hybridized carbons (Fsp3) is 0.222. The summed E-state index contributed by atoms with van der Waals surface area (Å²) >= 11 is 5.72. The van der Waals surface area contributed by atoms with Gasteiger partial charge in [0, 0.05) is 11.8 Å². The lowest BCUT2D eigenvalue weighted by molar-refractivity contribution is 0.802. The molecule has 0 saturated carbocycles. The van der Waals surface area contributed by atoms with E-state index in [4.69, 9.17) is 17.3 Å². The SMILES string of the molecule is Cc1cc(C)n(-c2cc(N)nc(Cl)n2)n1. The average Bonchev–Trinajstić information content (AvgIpc) is 2.43. The number of hydrogen-bond acceptors (Lipinski definition) is 4. The van der Waals surface area contributed by atoms with Crippen LogP contribution in [0.3, 0.4) is 0 Å². The van der Waals surface area contributed by atoms with Crippen LogP contribution in [0.25, 0.3) is 5.82 Å². The van der Waals surface area contributed by atoms with Crippen molar-refractivity contribution in [3.63, 3.8) is 0 Å². The second kappa shape index (κ2) is 3.51. The lowest BCUT2D eigenvalue weighted by Crippen LogP contribution is -2.04. The summed E-state index contributed by atoms with van der Waals surface area (Å²) in [5, 5.41) is 4.40. The van der Waals surface area contributed by atoms with Crippen LogP contribution in [0.1, 0.15) is 11.4 Å². The van der Waals surface area contributed by atoms with Crippen molar-refractivity contribution in [2.75, 3.05) is 5.73 Å². The number of rotatable bonds is 1. The summed E-state index contributed by atoms with van der Waals surface area (Å²) in [6.45, 7) is 3.85. The zero-order valence-electron chi connectivity index (χ0n) is 8.40. The molecular formula is C9H10ClN5. The molecule has 6 heteroatoms. The van der Waals surface area contributed by atoms with Gasteiger partial charge >= 0.3 is 0 Å². The molecule has 0 saturated heterocycles. The van der Waals surface area contributed by atoms with Crippen molar-refractivity contribution in [2.24, 2.45) is 0 Å². The minimum atomic E-state index is 0.123. The van der Waals surface area contributed by atoms with Crippen molar-refractivity contribution in [3.8, 4) is 5.82 Å². The summed E-state index contributed by atoms with van der Waals surface area (Å²) in [5.74, 6) is 0.913. The van der Waals surface area contributed by atoms with Gasteiger partial charge in [-0.3, -0.25) is 0 Å². The van der Waals surface area contributed by atoms with Crippen LogP contribution in [0.2, 0.25) is 5.28 Å². The number of halogens is 1. The first-order valence-corrected chi connectivity index (χ1v) is 4.78. The monoisotopic (exact) mass is 223 g/mol. The lowest BCUT2D eigenvalue weighted by Gasteiger charge is -2.03. The Morgan fingerprint density at radius 3 is 2.53 bits per heavy atom. The van der Waals surface area contributed by atoms with Gasteiger partial charge in [0.1, 0.15) is 5.82 Å². The highest BCUT2D eigenvalue weighted by Gasteiger charge is 2.07. The number of anilines is 1. The molecule has 0 radical (unpaired) electrons. The molecule has 78 valence electrons. The van der Waals surface area contributed by atoms with E-state index in [0.717, 1.165) is 11.4 Å². The topological polar surface area (TPSA) is 69.6 Å². The Hall–Kier alpha value is -1.62. The molecule has 0 aliphatic rings. The maximum absolute atomic E-state index is 5.72. The highest BCUT2D eigenvalue weighted by Crippen LogP contribution is 2.13. The van der Waals surface area contributed by atoms with Crippen molar-refractivity contribution in [2.45, 2.75) is 13.8 Å². The summed E-state index contributed by atoms with van der Waals surface area (Å²) in [5.41, 5.74) is 7.47. The van der Waals surface area contributed by atoms with E-state index < -0.39 is 0 Å².